The average Bonchev–Trinajstić information content (AvgIpc) is 3.08. The van der Waals surface area contributed by atoms with Crippen LogP contribution < -0.4 is 0 Å². The summed E-state index contributed by atoms with van der Waals surface area (Å²) in [5.41, 5.74) is 0.853. The fourth-order valence-electron chi connectivity index (χ4n) is 2.84. The number of hydrogen-bond acceptors (Lipinski definition) is 5. The minimum atomic E-state index is -1.06. The van der Waals surface area contributed by atoms with Gasteiger partial charge in [0, 0.05) is 30.0 Å². The molecule has 7 nitrogen and oxygen atoms in total. The third-order valence-electron chi connectivity index (χ3n) is 4.12. The van der Waals surface area contributed by atoms with Crippen LogP contribution in [-0.4, -0.2) is 52.2 Å². The number of halogens is 1. The molecule has 0 radical (unpaired) electrons. The minimum absolute atomic E-state index is 0.0557. The Morgan fingerprint density at radius 1 is 1.31 bits per heavy atom. The molecule has 0 spiro atoms. The first kappa shape index (κ1) is 18.4. The fourth-order valence-corrected chi connectivity index (χ4v) is 2.96. The molecule has 138 valence electrons. The standard InChI is InChI=1S/C18H19ClN2O5/c1-11-9-21(10-15(25-11)18(23)24)17(22)7-6-16-20-8-14(26-16)12-2-4-13(19)5-3-12/h2-5,8,11,15H,6-7,9-10H2,1H3,(H,23,24)/t11-,15?/m1/s1. The number of carboxylic acid groups (broad SMARTS) is 1. The van der Waals surface area contributed by atoms with Crippen LogP contribution in [0.2, 0.25) is 5.02 Å². The summed E-state index contributed by atoms with van der Waals surface area (Å²) in [6.07, 6.45) is 0.850. The van der Waals surface area contributed by atoms with Crippen molar-refractivity contribution >= 4 is 23.5 Å². The van der Waals surface area contributed by atoms with Crippen LogP contribution in [0, 0.1) is 0 Å². The molecule has 1 amide bonds. The number of carboxylic acids is 1. The molecule has 3 rings (SSSR count). The molecule has 1 aromatic carbocycles. The van der Waals surface area contributed by atoms with E-state index in [4.69, 9.17) is 25.9 Å². The van der Waals surface area contributed by atoms with Gasteiger partial charge >= 0.3 is 5.97 Å². The molecule has 0 bridgehead atoms. The van der Waals surface area contributed by atoms with Crippen LogP contribution in [0.4, 0.5) is 0 Å². The predicted molar refractivity (Wildman–Crippen MR) is 93.8 cm³/mol. The summed E-state index contributed by atoms with van der Waals surface area (Å²) in [6, 6.07) is 7.19. The highest BCUT2D eigenvalue weighted by atomic mass is 35.5. The summed E-state index contributed by atoms with van der Waals surface area (Å²) in [5, 5.41) is 9.73. The van der Waals surface area contributed by atoms with Crippen molar-refractivity contribution in [2.75, 3.05) is 13.1 Å². The van der Waals surface area contributed by atoms with E-state index in [-0.39, 0.29) is 25.0 Å². The molecule has 2 atom stereocenters. The normalized spacial score (nSPS) is 20.2. The van der Waals surface area contributed by atoms with Gasteiger partial charge in [-0.05, 0) is 31.2 Å². The zero-order valence-electron chi connectivity index (χ0n) is 14.2. The van der Waals surface area contributed by atoms with E-state index in [0.717, 1.165) is 5.56 Å². The summed E-state index contributed by atoms with van der Waals surface area (Å²) in [4.78, 5) is 29.2. The first-order valence-corrected chi connectivity index (χ1v) is 8.67. The van der Waals surface area contributed by atoms with Gasteiger partial charge in [0.2, 0.25) is 5.91 Å². The highest BCUT2D eigenvalue weighted by Crippen LogP contribution is 2.23. The Labute approximate surface area is 155 Å². The van der Waals surface area contributed by atoms with Crippen LogP contribution in [0.5, 0.6) is 0 Å². The average molecular weight is 379 g/mol. The number of nitrogens with zero attached hydrogens (tertiary/aromatic N) is 2. The van der Waals surface area contributed by atoms with Gasteiger partial charge in [-0.3, -0.25) is 4.79 Å². The van der Waals surface area contributed by atoms with Gasteiger partial charge in [-0.2, -0.15) is 0 Å². The smallest absolute Gasteiger partial charge is 0.334 e. The van der Waals surface area contributed by atoms with E-state index in [1.807, 2.05) is 12.1 Å². The van der Waals surface area contributed by atoms with Gasteiger partial charge in [0.25, 0.3) is 0 Å². The van der Waals surface area contributed by atoms with Gasteiger partial charge in [0.15, 0.2) is 17.8 Å². The number of aryl methyl sites for hydroxylation is 1. The van der Waals surface area contributed by atoms with Crippen LogP contribution in [0.3, 0.4) is 0 Å². The van der Waals surface area contributed by atoms with Gasteiger partial charge in [0.05, 0.1) is 18.8 Å². The third-order valence-corrected chi connectivity index (χ3v) is 4.38. The Kier molecular flexibility index (Phi) is 5.58. The quantitative estimate of drug-likeness (QED) is 0.859. The highest BCUT2D eigenvalue weighted by molar-refractivity contribution is 6.30. The van der Waals surface area contributed by atoms with Gasteiger partial charge in [-0.25, -0.2) is 9.78 Å². The first-order chi connectivity index (χ1) is 12.4. The van der Waals surface area contributed by atoms with Crippen molar-refractivity contribution in [3.63, 3.8) is 0 Å². The Bertz CT molecular complexity index is 789. The molecule has 1 unspecified atom stereocenters. The molecule has 1 fully saturated rings. The van der Waals surface area contributed by atoms with E-state index in [2.05, 4.69) is 4.98 Å². The number of oxazole rings is 1. The minimum Gasteiger partial charge on any atom is -0.479 e. The van der Waals surface area contributed by atoms with Crippen LogP contribution in [0.1, 0.15) is 19.2 Å². The second-order valence-corrected chi connectivity index (χ2v) is 6.63. The summed E-state index contributed by atoms with van der Waals surface area (Å²) in [6.45, 7) is 2.19. The summed E-state index contributed by atoms with van der Waals surface area (Å²) in [7, 11) is 0. The van der Waals surface area contributed by atoms with E-state index < -0.39 is 12.1 Å². The second-order valence-electron chi connectivity index (χ2n) is 6.20. The first-order valence-electron chi connectivity index (χ1n) is 8.29. The van der Waals surface area contributed by atoms with Crippen molar-refractivity contribution in [1.29, 1.82) is 0 Å². The maximum absolute atomic E-state index is 12.4. The monoisotopic (exact) mass is 378 g/mol. The number of amides is 1. The highest BCUT2D eigenvalue weighted by Gasteiger charge is 2.32. The molecule has 0 aliphatic carbocycles. The number of morpholine rings is 1. The summed E-state index contributed by atoms with van der Waals surface area (Å²) in [5.74, 6) is -0.137. The lowest BCUT2D eigenvalue weighted by atomic mass is 10.2. The zero-order chi connectivity index (χ0) is 18.7. The number of aromatic nitrogens is 1. The zero-order valence-corrected chi connectivity index (χ0v) is 15.0. The third kappa shape index (κ3) is 4.42. The maximum Gasteiger partial charge on any atom is 0.334 e. The number of carbonyl (C=O) groups is 2. The molecule has 1 N–H and O–H groups in total. The summed E-state index contributed by atoms with van der Waals surface area (Å²) >= 11 is 5.87. The lowest BCUT2D eigenvalue weighted by Gasteiger charge is -2.34. The maximum atomic E-state index is 12.4. The van der Waals surface area contributed by atoms with Crippen LogP contribution >= 0.6 is 11.6 Å². The van der Waals surface area contributed by atoms with Gasteiger partial charge < -0.3 is 19.2 Å². The predicted octanol–water partition coefficient (Wildman–Crippen LogP) is 2.63. The molecule has 1 aliphatic heterocycles. The largest absolute Gasteiger partial charge is 0.479 e. The van der Waals surface area contributed by atoms with Gasteiger partial charge in [-0.1, -0.05) is 11.6 Å². The van der Waals surface area contributed by atoms with E-state index in [0.29, 0.717) is 29.6 Å². The Morgan fingerprint density at radius 3 is 2.73 bits per heavy atom. The van der Waals surface area contributed by atoms with Crippen molar-refractivity contribution in [2.24, 2.45) is 0 Å². The van der Waals surface area contributed by atoms with Crippen molar-refractivity contribution in [1.82, 2.24) is 9.88 Å². The molecule has 1 saturated heterocycles. The Balaban J connectivity index is 1.58. The van der Waals surface area contributed by atoms with E-state index in [1.165, 1.54) is 4.90 Å². The number of ether oxygens (including phenoxy) is 1. The molecular weight excluding hydrogens is 360 g/mol. The lowest BCUT2D eigenvalue weighted by Crippen LogP contribution is -2.51. The number of hydrogen-bond donors (Lipinski definition) is 1. The molecule has 1 aromatic heterocycles. The Hall–Kier alpha value is -2.38. The van der Waals surface area contributed by atoms with Crippen molar-refractivity contribution < 1.29 is 23.8 Å². The molecule has 0 saturated carbocycles. The fraction of sp³-hybridized carbons (Fsp3) is 0.389. The topological polar surface area (TPSA) is 92.9 Å². The summed E-state index contributed by atoms with van der Waals surface area (Å²) < 4.78 is 11.0. The van der Waals surface area contributed by atoms with Crippen LogP contribution in [0.15, 0.2) is 34.9 Å². The molecule has 26 heavy (non-hydrogen) atoms. The second kappa shape index (κ2) is 7.88. The SMILES string of the molecule is C[C@@H]1CN(C(=O)CCc2ncc(-c3ccc(Cl)cc3)o2)CC(C(=O)O)O1. The molecule has 2 heterocycles. The van der Waals surface area contributed by atoms with E-state index in [9.17, 15) is 9.59 Å². The van der Waals surface area contributed by atoms with Crippen molar-refractivity contribution in [3.8, 4) is 11.3 Å². The molecule has 8 heteroatoms. The lowest BCUT2D eigenvalue weighted by molar-refractivity contribution is -0.166. The van der Waals surface area contributed by atoms with Gasteiger partial charge in [0.1, 0.15) is 0 Å². The van der Waals surface area contributed by atoms with E-state index in [1.54, 1.807) is 25.3 Å². The number of rotatable bonds is 5. The number of aliphatic carboxylic acids is 1. The van der Waals surface area contributed by atoms with Crippen LogP contribution in [-0.2, 0) is 20.7 Å². The van der Waals surface area contributed by atoms with Gasteiger partial charge in [-0.15, -0.1) is 0 Å². The number of carbonyl (C=O) groups excluding carboxylic acids is 1. The molecule has 2 aromatic rings. The van der Waals surface area contributed by atoms with Crippen molar-refractivity contribution in [2.45, 2.75) is 32.0 Å². The van der Waals surface area contributed by atoms with Crippen LogP contribution in [0.25, 0.3) is 11.3 Å². The molecular formula is C18H19ClN2O5. The van der Waals surface area contributed by atoms with Crippen molar-refractivity contribution in [3.05, 3.63) is 41.4 Å². The Morgan fingerprint density at radius 2 is 2.04 bits per heavy atom. The van der Waals surface area contributed by atoms with E-state index >= 15 is 0 Å². The number of benzene rings is 1. The molecule has 1 aliphatic rings.